The molecule has 0 fully saturated rings. The van der Waals surface area contributed by atoms with E-state index in [1.807, 2.05) is 16.7 Å². The van der Waals surface area contributed by atoms with Crippen LogP contribution < -0.4 is 14.9 Å². The molecule has 3 nitrogen and oxygen atoms in total. The van der Waals surface area contributed by atoms with Gasteiger partial charge in [-0.05, 0) is 71.3 Å². The van der Waals surface area contributed by atoms with Crippen molar-refractivity contribution >= 4 is 45.2 Å². The molecule has 3 aliphatic rings. The standard InChI is InChI=1S/C28H24N2OS3/c1-17-18(2)33-27(32-17)25-26(31)30-24(20-12-7-4-8-13-20)22-15-9-14-21(23(22)29-28(30)34-25)16-19-10-5-3-6-11-19/h3-8,10-13,16,24H,9,14-15H2,1-2H3/b21-16-/t24-/m0/s1. The van der Waals surface area contributed by atoms with Crippen LogP contribution in [0.1, 0.15) is 50.3 Å². The predicted molar refractivity (Wildman–Crippen MR) is 146 cm³/mol. The first-order valence-electron chi connectivity index (χ1n) is 11.5. The maximum Gasteiger partial charge on any atom is 0.272 e. The second kappa shape index (κ2) is 8.91. The maximum absolute atomic E-state index is 13.9. The Morgan fingerprint density at radius 1 is 0.941 bits per heavy atom. The molecule has 0 radical (unpaired) electrons. The summed E-state index contributed by atoms with van der Waals surface area (Å²) in [6.07, 6.45) is 5.31. The molecule has 2 aliphatic heterocycles. The van der Waals surface area contributed by atoms with Crippen LogP contribution in [-0.4, -0.2) is 4.57 Å². The van der Waals surface area contributed by atoms with Crippen molar-refractivity contribution in [1.29, 1.82) is 0 Å². The van der Waals surface area contributed by atoms with Crippen molar-refractivity contribution in [2.75, 3.05) is 0 Å². The number of allylic oxidation sites excluding steroid dienone is 4. The Morgan fingerprint density at radius 3 is 2.32 bits per heavy atom. The highest BCUT2D eigenvalue weighted by atomic mass is 32.2. The highest BCUT2D eigenvalue weighted by Gasteiger charge is 2.33. The average molecular weight is 501 g/mol. The lowest BCUT2D eigenvalue weighted by Crippen LogP contribution is -2.39. The van der Waals surface area contributed by atoms with Crippen molar-refractivity contribution in [2.24, 2.45) is 4.99 Å². The fourth-order valence-corrected chi connectivity index (χ4v) is 8.54. The lowest BCUT2D eigenvalue weighted by atomic mass is 9.84. The summed E-state index contributed by atoms with van der Waals surface area (Å²) in [7, 11) is 0. The second-order valence-electron chi connectivity index (χ2n) is 8.73. The molecule has 6 heteroatoms. The Morgan fingerprint density at radius 2 is 1.62 bits per heavy atom. The van der Waals surface area contributed by atoms with Gasteiger partial charge in [0.25, 0.3) is 5.56 Å². The van der Waals surface area contributed by atoms with E-state index in [1.165, 1.54) is 26.5 Å². The molecular weight excluding hydrogens is 477 g/mol. The van der Waals surface area contributed by atoms with E-state index in [2.05, 4.69) is 68.5 Å². The minimum absolute atomic E-state index is 0.0841. The molecule has 3 heterocycles. The molecule has 3 aromatic rings. The minimum atomic E-state index is -0.104. The molecule has 0 bridgehead atoms. The van der Waals surface area contributed by atoms with Crippen LogP contribution in [0.3, 0.4) is 0 Å². The third kappa shape index (κ3) is 3.78. The molecule has 0 spiro atoms. The number of aromatic nitrogens is 1. The van der Waals surface area contributed by atoms with Crippen LogP contribution in [0, 0.1) is 0 Å². The molecule has 1 aromatic heterocycles. The topological polar surface area (TPSA) is 34.4 Å². The third-order valence-electron chi connectivity index (χ3n) is 6.54. The summed E-state index contributed by atoms with van der Waals surface area (Å²) < 4.78 is 3.86. The maximum atomic E-state index is 13.9. The molecule has 0 amide bonds. The van der Waals surface area contributed by atoms with E-state index in [9.17, 15) is 4.79 Å². The van der Waals surface area contributed by atoms with E-state index in [0.29, 0.717) is 0 Å². The van der Waals surface area contributed by atoms with E-state index in [-0.39, 0.29) is 11.6 Å². The monoisotopic (exact) mass is 500 g/mol. The van der Waals surface area contributed by atoms with Crippen LogP contribution in [0.5, 0.6) is 0 Å². The van der Waals surface area contributed by atoms with Crippen molar-refractivity contribution in [3.05, 3.63) is 118 Å². The Hall–Kier alpha value is -2.54. The van der Waals surface area contributed by atoms with E-state index >= 15 is 0 Å². The molecule has 0 saturated heterocycles. The van der Waals surface area contributed by atoms with Gasteiger partial charge < -0.3 is 0 Å². The molecular formula is C28H24N2OS3. The van der Waals surface area contributed by atoms with Crippen LogP contribution in [0.4, 0.5) is 0 Å². The number of hydrogen-bond donors (Lipinski definition) is 0. The molecule has 170 valence electrons. The highest BCUT2D eigenvalue weighted by Crippen LogP contribution is 2.49. The molecule has 34 heavy (non-hydrogen) atoms. The average Bonchev–Trinajstić information content (AvgIpc) is 3.37. The zero-order valence-electron chi connectivity index (χ0n) is 19.1. The van der Waals surface area contributed by atoms with Crippen LogP contribution in [-0.2, 0) is 0 Å². The lowest BCUT2D eigenvalue weighted by Gasteiger charge is -2.31. The van der Waals surface area contributed by atoms with Crippen LogP contribution in [0.2, 0.25) is 0 Å². The zero-order valence-corrected chi connectivity index (χ0v) is 21.5. The fourth-order valence-electron chi connectivity index (χ4n) is 4.80. The van der Waals surface area contributed by atoms with Gasteiger partial charge in [-0.1, -0.05) is 95.5 Å². The van der Waals surface area contributed by atoms with Gasteiger partial charge in [0.2, 0.25) is 0 Å². The first-order chi connectivity index (χ1) is 16.6. The van der Waals surface area contributed by atoms with Gasteiger partial charge in [0.05, 0.1) is 16.0 Å². The summed E-state index contributed by atoms with van der Waals surface area (Å²) in [5.41, 5.74) is 6.05. The molecule has 0 unspecified atom stereocenters. The smallest absolute Gasteiger partial charge is 0.272 e. The molecule has 0 N–H and O–H groups in total. The van der Waals surface area contributed by atoms with Gasteiger partial charge in [0, 0.05) is 0 Å². The number of thiazole rings is 1. The Labute approximate surface area is 211 Å². The normalized spacial score (nSPS) is 21.1. The summed E-state index contributed by atoms with van der Waals surface area (Å²) >= 11 is 4.98. The summed E-state index contributed by atoms with van der Waals surface area (Å²) in [4.78, 5) is 22.4. The van der Waals surface area contributed by atoms with E-state index < -0.39 is 0 Å². The Kier molecular flexibility index (Phi) is 5.76. The van der Waals surface area contributed by atoms with Gasteiger partial charge in [-0.2, -0.15) is 0 Å². The number of hydrogen-bond acceptors (Lipinski definition) is 5. The number of thioether (sulfide) groups is 2. The van der Waals surface area contributed by atoms with Crippen molar-refractivity contribution in [3.8, 4) is 0 Å². The second-order valence-corrected chi connectivity index (χ2v) is 12.4. The molecule has 0 saturated carbocycles. The number of fused-ring (bicyclic) bond motifs is 1. The molecule has 6 rings (SSSR count). The van der Waals surface area contributed by atoms with Crippen molar-refractivity contribution in [3.63, 3.8) is 0 Å². The number of rotatable bonds is 2. The summed E-state index contributed by atoms with van der Waals surface area (Å²) in [5.74, 6) is 0. The lowest BCUT2D eigenvalue weighted by molar-refractivity contribution is 0.553. The fraction of sp³-hybridized carbons (Fsp3) is 0.214. The number of nitrogens with zero attached hydrogens (tertiary/aromatic N) is 2. The van der Waals surface area contributed by atoms with Crippen LogP contribution in [0.15, 0.2) is 97.1 Å². The van der Waals surface area contributed by atoms with Gasteiger partial charge in [-0.3, -0.25) is 9.36 Å². The SMILES string of the molecule is CC1=C(C)SC(=c2sc3n(c2=O)[C@@H](c2ccccc2)C2=C(N=3)/C(=C\c3ccccc3)CCC2)S1. The largest absolute Gasteiger partial charge is 0.272 e. The van der Waals surface area contributed by atoms with E-state index in [0.717, 1.165) is 44.1 Å². The zero-order chi connectivity index (χ0) is 23.2. The number of benzene rings is 2. The highest BCUT2D eigenvalue weighted by molar-refractivity contribution is 8.35. The van der Waals surface area contributed by atoms with Crippen molar-refractivity contribution in [2.45, 2.75) is 39.2 Å². The van der Waals surface area contributed by atoms with Gasteiger partial charge >= 0.3 is 0 Å². The Bertz CT molecular complexity index is 1540. The van der Waals surface area contributed by atoms with E-state index in [1.54, 1.807) is 34.9 Å². The van der Waals surface area contributed by atoms with Crippen LogP contribution in [0.25, 0.3) is 10.3 Å². The summed E-state index contributed by atoms with van der Waals surface area (Å²) in [5, 5.41) is 0. The summed E-state index contributed by atoms with van der Waals surface area (Å²) in [6.45, 7) is 4.26. The summed E-state index contributed by atoms with van der Waals surface area (Å²) in [6, 6.07) is 20.8. The van der Waals surface area contributed by atoms with Gasteiger partial charge in [0.15, 0.2) is 4.80 Å². The quantitative estimate of drug-likeness (QED) is 0.405. The van der Waals surface area contributed by atoms with Crippen molar-refractivity contribution < 1.29 is 0 Å². The van der Waals surface area contributed by atoms with Gasteiger partial charge in [-0.15, -0.1) is 0 Å². The minimum Gasteiger partial charge on any atom is -0.272 e. The Balaban J connectivity index is 1.60. The van der Waals surface area contributed by atoms with Gasteiger partial charge in [0.1, 0.15) is 4.53 Å². The first-order valence-corrected chi connectivity index (χ1v) is 14.0. The van der Waals surface area contributed by atoms with Crippen LogP contribution >= 0.6 is 34.9 Å². The van der Waals surface area contributed by atoms with E-state index in [4.69, 9.17) is 4.99 Å². The molecule has 1 aliphatic carbocycles. The third-order valence-corrected chi connectivity index (χ3v) is 10.5. The van der Waals surface area contributed by atoms with Gasteiger partial charge in [-0.25, -0.2) is 4.99 Å². The molecule has 1 atom stereocenters. The van der Waals surface area contributed by atoms with Crippen molar-refractivity contribution in [1.82, 2.24) is 4.57 Å². The predicted octanol–water partition coefficient (Wildman–Crippen LogP) is 6.45. The molecule has 2 aromatic carbocycles. The first kappa shape index (κ1) is 22.0.